The zero-order valence-electron chi connectivity index (χ0n) is 8.61. The Balaban J connectivity index is 0. The molecule has 15 heavy (non-hydrogen) atoms. The molecule has 0 aromatic heterocycles. The molecule has 0 atom stereocenters. The summed E-state index contributed by atoms with van der Waals surface area (Å²) in [5.74, 6) is -2.00. The fourth-order valence-electron chi connectivity index (χ4n) is 1.25. The average Bonchev–Trinajstić information content (AvgIpc) is 2.08. The summed E-state index contributed by atoms with van der Waals surface area (Å²) in [4.78, 5) is 20.1. The summed E-state index contributed by atoms with van der Waals surface area (Å²) >= 11 is 0. The van der Waals surface area contributed by atoms with Gasteiger partial charge in [0.05, 0.1) is 0 Å². The van der Waals surface area contributed by atoms with Crippen LogP contribution in [-0.2, 0) is 26.1 Å². The number of rotatable bonds is 9. The first-order valence-corrected chi connectivity index (χ1v) is 5.02. The molecule has 5 heteroatoms. The standard InChI is InChI=1S/C10H18O4.Ni/c11-9(12)7-5-3-1-2-4-6-8-10(13)14;/h1-8H2,(H,11,12)(H,13,14);/q;+2/p-2. The number of carboxylic acids is 2. The Labute approximate surface area is 100.0 Å². The number of carbonyl (C=O) groups is 2. The third kappa shape index (κ3) is 16.1. The fraction of sp³-hybridized carbons (Fsp3) is 0.800. The second-order valence-corrected chi connectivity index (χ2v) is 3.37. The largest absolute Gasteiger partial charge is 2.00 e. The minimum Gasteiger partial charge on any atom is -0.550 e. The molecule has 0 fully saturated rings. The summed E-state index contributed by atoms with van der Waals surface area (Å²) in [6, 6.07) is 0. The topological polar surface area (TPSA) is 80.3 Å². The van der Waals surface area contributed by atoms with Crippen LogP contribution in [0.15, 0.2) is 0 Å². The molecule has 90 valence electrons. The molecule has 0 radical (unpaired) electrons. The molecule has 0 aromatic carbocycles. The van der Waals surface area contributed by atoms with Gasteiger partial charge in [0, 0.05) is 11.9 Å². The molecule has 0 N–H and O–H groups in total. The van der Waals surface area contributed by atoms with Crippen LogP contribution in [0.4, 0.5) is 0 Å². The van der Waals surface area contributed by atoms with Crippen molar-refractivity contribution in [2.24, 2.45) is 0 Å². The first kappa shape index (κ1) is 16.8. The van der Waals surface area contributed by atoms with Crippen molar-refractivity contribution in [2.75, 3.05) is 0 Å². The predicted octanol–water partition coefficient (Wildman–Crippen LogP) is -0.396. The molecule has 0 heterocycles. The quantitative estimate of drug-likeness (QED) is 0.417. The van der Waals surface area contributed by atoms with Crippen molar-refractivity contribution in [1.29, 1.82) is 0 Å². The Morgan fingerprint density at radius 1 is 0.667 bits per heavy atom. The molecule has 0 aromatic rings. The number of carbonyl (C=O) groups excluding carboxylic acids is 2. The van der Waals surface area contributed by atoms with Crippen LogP contribution >= 0.6 is 0 Å². The molecular formula is C10H16NiO4. The van der Waals surface area contributed by atoms with Gasteiger partial charge in [-0.25, -0.2) is 0 Å². The van der Waals surface area contributed by atoms with E-state index in [2.05, 4.69) is 0 Å². The monoisotopic (exact) mass is 258 g/mol. The Morgan fingerprint density at radius 3 is 1.20 bits per heavy atom. The third-order valence-corrected chi connectivity index (χ3v) is 2.01. The van der Waals surface area contributed by atoms with Gasteiger partial charge in [0.2, 0.25) is 0 Å². The van der Waals surface area contributed by atoms with Gasteiger partial charge < -0.3 is 19.8 Å². The van der Waals surface area contributed by atoms with Crippen LogP contribution in [0.1, 0.15) is 51.4 Å². The van der Waals surface area contributed by atoms with E-state index in [9.17, 15) is 19.8 Å². The van der Waals surface area contributed by atoms with Gasteiger partial charge in [0.15, 0.2) is 0 Å². The minimum absolute atomic E-state index is 0. The van der Waals surface area contributed by atoms with Crippen LogP contribution in [0.2, 0.25) is 0 Å². The zero-order valence-corrected chi connectivity index (χ0v) is 9.59. The van der Waals surface area contributed by atoms with Crippen molar-refractivity contribution in [1.82, 2.24) is 0 Å². The maximum absolute atomic E-state index is 10.0. The second kappa shape index (κ2) is 11.5. The molecule has 0 aliphatic carbocycles. The van der Waals surface area contributed by atoms with Crippen LogP contribution < -0.4 is 10.2 Å². The van der Waals surface area contributed by atoms with Crippen molar-refractivity contribution >= 4 is 11.9 Å². The Bertz CT molecular complexity index is 162. The summed E-state index contributed by atoms with van der Waals surface area (Å²) in [6.45, 7) is 0. The number of aliphatic carboxylic acids is 2. The van der Waals surface area contributed by atoms with Crippen LogP contribution in [0.25, 0.3) is 0 Å². The Morgan fingerprint density at radius 2 is 0.933 bits per heavy atom. The molecule has 4 nitrogen and oxygen atoms in total. The fourth-order valence-corrected chi connectivity index (χ4v) is 1.25. The summed E-state index contributed by atoms with van der Waals surface area (Å²) < 4.78 is 0. The summed E-state index contributed by atoms with van der Waals surface area (Å²) in [5, 5.41) is 20.1. The number of unbranched alkanes of at least 4 members (excludes halogenated alkanes) is 5. The molecule has 0 unspecified atom stereocenters. The molecule has 0 saturated carbocycles. The van der Waals surface area contributed by atoms with Gasteiger partial charge >= 0.3 is 16.5 Å². The van der Waals surface area contributed by atoms with Crippen LogP contribution in [0.5, 0.6) is 0 Å². The Kier molecular flexibility index (Phi) is 12.9. The van der Waals surface area contributed by atoms with Crippen molar-refractivity contribution in [3.8, 4) is 0 Å². The molecular weight excluding hydrogens is 243 g/mol. The molecule has 0 bridgehead atoms. The van der Waals surface area contributed by atoms with Gasteiger partial charge in [-0.05, 0) is 25.7 Å². The second-order valence-electron chi connectivity index (χ2n) is 3.37. The molecule has 0 saturated heterocycles. The third-order valence-electron chi connectivity index (χ3n) is 2.01. The van der Waals surface area contributed by atoms with Gasteiger partial charge in [0.25, 0.3) is 0 Å². The van der Waals surface area contributed by atoms with Crippen molar-refractivity contribution in [2.45, 2.75) is 51.4 Å². The molecule has 0 spiro atoms. The van der Waals surface area contributed by atoms with E-state index in [0.29, 0.717) is 12.8 Å². The normalized spacial score (nSPS) is 9.33. The summed E-state index contributed by atoms with van der Waals surface area (Å²) in [7, 11) is 0. The SMILES string of the molecule is O=C([O-])CCCCCCCCC(=O)[O-].[Ni+2]. The molecule has 0 rings (SSSR count). The van der Waals surface area contributed by atoms with E-state index in [1.165, 1.54) is 0 Å². The van der Waals surface area contributed by atoms with E-state index < -0.39 is 11.9 Å². The van der Waals surface area contributed by atoms with E-state index in [4.69, 9.17) is 0 Å². The maximum atomic E-state index is 10.0. The number of carboxylic acid groups (broad SMARTS) is 2. The first-order chi connectivity index (χ1) is 6.63. The van der Waals surface area contributed by atoms with Crippen LogP contribution in [-0.4, -0.2) is 11.9 Å². The van der Waals surface area contributed by atoms with E-state index >= 15 is 0 Å². The smallest absolute Gasteiger partial charge is 0.550 e. The van der Waals surface area contributed by atoms with Crippen LogP contribution in [0, 0.1) is 0 Å². The molecule has 0 amide bonds. The van der Waals surface area contributed by atoms with E-state index in [0.717, 1.165) is 25.7 Å². The van der Waals surface area contributed by atoms with Gasteiger partial charge in [-0.1, -0.05) is 25.7 Å². The average molecular weight is 259 g/mol. The maximum Gasteiger partial charge on any atom is 2.00 e. The zero-order chi connectivity index (χ0) is 10.8. The number of hydrogen-bond donors (Lipinski definition) is 0. The van der Waals surface area contributed by atoms with Crippen molar-refractivity contribution in [3.63, 3.8) is 0 Å². The van der Waals surface area contributed by atoms with E-state index in [-0.39, 0.29) is 29.3 Å². The number of hydrogen-bond acceptors (Lipinski definition) is 4. The van der Waals surface area contributed by atoms with Gasteiger partial charge in [-0.3, -0.25) is 0 Å². The van der Waals surface area contributed by atoms with Crippen LogP contribution in [0.3, 0.4) is 0 Å². The van der Waals surface area contributed by atoms with Gasteiger partial charge in [0.1, 0.15) is 0 Å². The summed E-state index contributed by atoms with van der Waals surface area (Å²) in [5.41, 5.74) is 0. The Hall–Kier alpha value is -0.566. The molecule has 0 aliphatic heterocycles. The minimum atomic E-state index is -0.998. The van der Waals surface area contributed by atoms with Crippen molar-refractivity contribution < 1.29 is 36.3 Å². The van der Waals surface area contributed by atoms with E-state index in [1.807, 2.05) is 0 Å². The summed E-state index contributed by atoms with van der Waals surface area (Å²) in [6.07, 6.45) is 5.23. The van der Waals surface area contributed by atoms with Gasteiger partial charge in [-0.15, -0.1) is 0 Å². The predicted molar refractivity (Wildman–Crippen MR) is 47.0 cm³/mol. The van der Waals surface area contributed by atoms with Gasteiger partial charge in [-0.2, -0.15) is 0 Å². The van der Waals surface area contributed by atoms with Crippen molar-refractivity contribution in [3.05, 3.63) is 0 Å². The first-order valence-electron chi connectivity index (χ1n) is 5.02. The van der Waals surface area contributed by atoms with E-state index in [1.54, 1.807) is 0 Å². The molecule has 0 aliphatic rings.